The second-order valence-corrected chi connectivity index (χ2v) is 6.16. The van der Waals surface area contributed by atoms with Gasteiger partial charge in [0.1, 0.15) is 0 Å². The van der Waals surface area contributed by atoms with Gasteiger partial charge < -0.3 is 5.73 Å². The van der Waals surface area contributed by atoms with Crippen molar-refractivity contribution >= 4 is 11.5 Å². The minimum absolute atomic E-state index is 0.104. The molecule has 0 unspecified atom stereocenters. The lowest BCUT2D eigenvalue weighted by atomic mass is 10.1. The number of nitrogens with two attached hydrogens (primary N) is 1. The first-order valence-corrected chi connectivity index (χ1v) is 8.39. The first kappa shape index (κ1) is 16.9. The first-order valence-electron chi connectivity index (χ1n) is 8.39. The van der Waals surface area contributed by atoms with Gasteiger partial charge in [-0.3, -0.25) is 9.69 Å². The third kappa shape index (κ3) is 5.03. The lowest BCUT2D eigenvalue weighted by Gasteiger charge is -2.22. The van der Waals surface area contributed by atoms with E-state index in [-0.39, 0.29) is 5.78 Å². The number of rotatable bonds is 7. The number of carbonyl (C=O) groups excluding carboxylic acids is 1. The summed E-state index contributed by atoms with van der Waals surface area (Å²) in [7, 11) is 0. The van der Waals surface area contributed by atoms with Gasteiger partial charge in [-0.2, -0.15) is 0 Å². The van der Waals surface area contributed by atoms with Gasteiger partial charge in [0, 0.05) is 24.3 Å². The summed E-state index contributed by atoms with van der Waals surface area (Å²) in [5, 5.41) is 0. The molecule has 3 heteroatoms. The number of carbonyl (C=O) groups is 1. The van der Waals surface area contributed by atoms with Crippen LogP contribution in [-0.4, -0.2) is 17.2 Å². The van der Waals surface area contributed by atoms with Crippen LogP contribution in [0.5, 0.6) is 0 Å². The molecule has 0 bridgehead atoms. The van der Waals surface area contributed by atoms with Gasteiger partial charge in [-0.1, -0.05) is 60.7 Å². The highest BCUT2D eigenvalue weighted by Gasteiger charge is 2.14. The van der Waals surface area contributed by atoms with Gasteiger partial charge in [0.25, 0.3) is 0 Å². The van der Waals surface area contributed by atoms with Gasteiger partial charge in [-0.05, 0) is 35.4 Å². The Morgan fingerprint density at radius 2 is 1.20 bits per heavy atom. The van der Waals surface area contributed by atoms with Crippen molar-refractivity contribution in [3.8, 4) is 0 Å². The number of nitrogens with zero attached hydrogens (tertiary/aromatic N) is 1. The standard InChI is InChI=1S/C22H22N2O/c23-21-13-11-20(12-14-21)22(25)17-24(15-18-7-3-1-4-8-18)16-19-9-5-2-6-10-19/h1-14H,15-17,23H2. The summed E-state index contributed by atoms with van der Waals surface area (Å²) in [6.45, 7) is 1.83. The Morgan fingerprint density at radius 3 is 1.68 bits per heavy atom. The van der Waals surface area contributed by atoms with Gasteiger partial charge in [0.2, 0.25) is 0 Å². The van der Waals surface area contributed by atoms with Gasteiger partial charge in [-0.25, -0.2) is 0 Å². The highest BCUT2D eigenvalue weighted by Crippen LogP contribution is 2.13. The maximum atomic E-state index is 12.7. The molecule has 3 nitrogen and oxygen atoms in total. The summed E-state index contributed by atoms with van der Waals surface area (Å²) in [4.78, 5) is 14.8. The molecule has 0 amide bonds. The summed E-state index contributed by atoms with van der Waals surface area (Å²) >= 11 is 0. The molecule has 3 rings (SSSR count). The monoisotopic (exact) mass is 330 g/mol. The van der Waals surface area contributed by atoms with E-state index in [0.717, 1.165) is 13.1 Å². The van der Waals surface area contributed by atoms with Gasteiger partial charge in [0.05, 0.1) is 6.54 Å². The maximum Gasteiger partial charge on any atom is 0.176 e. The van der Waals surface area contributed by atoms with Crippen LogP contribution in [0.25, 0.3) is 0 Å². The van der Waals surface area contributed by atoms with Crippen LogP contribution >= 0.6 is 0 Å². The molecular formula is C22H22N2O. The Kier molecular flexibility index (Phi) is 5.60. The van der Waals surface area contributed by atoms with Crippen molar-refractivity contribution in [3.63, 3.8) is 0 Å². The predicted molar refractivity (Wildman–Crippen MR) is 102 cm³/mol. The molecular weight excluding hydrogens is 308 g/mol. The highest BCUT2D eigenvalue weighted by atomic mass is 16.1. The van der Waals surface area contributed by atoms with Crippen LogP contribution < -0.4 is 5.73 Å². The van der Waals surface area contributed by atoms with Crippen LogP contribution in [0.4, 0.5) is 5.69 Å². The van der Waals surface area contributed by atoms with Gasteiger partial charge in [0.15, 0.2) is 5.78 Å². The Bertz CT molecular complexity index is 757. The van der Waals surface area contributed by atoms with Crippen LogP contribution in [-0.2, 0) is 13.1 Å². The highest BCUT2D eigenvalue weighted by molar-refractivity contribution is 5.97. The van der Waals surface area contributed by atoms with E-state index in [1.807, 2.05) is 36.4 Å². The number of anilines is 1. The summed E-state index contributed by atoms with van der Waals surface area (Å²) in [5.41, 5.74) is 9.47. The maximum absolute atomic E-state index is 12.7. The molecule has 0 aliphatic rings. The van der Waals surface area contributed by atoms with Crippen LogP contribution in [0, 0.1) is 0 Å². The number of benzene rings is 3. The molecule has 0 radical (unpaired) electrons. The summed E-state index contributed by atoms with van der Waals surface area (Å²) in [5.74, 6) is 0.104. The third-order valence-corrected chi connectivity index (χ3v) is 4.10. The molecule has 0 heterocycles. The predicted octanol–water partition coefficient (Wildman–Crippen LogP) is 4.15. The van der Waals surface area contributed by atoms with Crippen LogP contribution in [0.1, 0.15) is 21.5 Å². The molecule has 2 N–H and O–H groups in total. The van der Waals surface area contributed by atoms with E-state index in [4.69, 9.17) is 5.73 Å². The fourth-order valence-corrected chi connectivity index (χ4v) is 2.81. The van der Waals surface area contributed by atoms with Crippen LogP contribution in [0.2, 0.25) is 0 Å². The lowest BCUT2D eigenvalue weighted by molar-refractivity contribution is 0.0920. The number of Topliss-reactive ketones (excluding diaryl/α,β-unsaturated/α-hetero) is 1. The second kappa shape index (κ2) is 8.27. The molecule has 0 aliphatic heterocycles. The topological polar surface area (TPSA) is 46.3 Å². The quantitative estimate of drug-likeness (QED) is 0.523. The fourth-order valence-electron chi connectivity index (χ4n) is 2.81. The summed E-state index contributed by atoms with van der Waals surface area (Å²) in [6, 6.07) is 27.6. The lowest BCUT2D eigenvalue weighted by Crippen LogP contribution is -2.29. The average Bonchev–Trinajstić information content (AvgIpc) is 2.64. The van der Waals surface area contributed by atoms with Crippen LogP contribution in [0.3, 0.4) is 0 Å². The van der Waals surface area contributed by atoms with Gasteiger partial charge in [-0.15, -0.1) is 0 Å². The molecule has 25 heavy (non-hydrogen) atoms. The van der Waals surface area contributed by atoms with E-state index in [9.17, 15) is 4.79 Å². The summed E-state index contributed by atoms with van der Waals surface area (Å²) in [6.07, 6.45) is 0. The zero-order chi connectivity index (χ0) is 17.5. The smallest absolute Gasteiger partial charge is 0.176 e. The van der Waals surface area contributed by atoms with Crippen molar-refractivity contribution in [1.29, 1.82) is 0 Å². The zero-order valence-corrected chi connectivity index (χ0v) is 14.1. The van der Waals surface area contributed by atoms with Gasteiger partial charge >= 0.3 is 0 Å². The minimum Gasteiger partial charge on any atom is -0.399 e. The Labute approximate surface area is 148 Å². The Balaban J connectivity index is 1.75. The molecule has 0 aromatic heterocycles. The normalized spacial score (nSPS) is 10.8. The number of ketones is 1. The first-order chi connectivity index (χ1) is 12.2. The summed E-state index contributed by atoms with van der Waals surface area (Å²) < 4.78 is 0. The minimum atomic E-state index is 0.104. The van der Waals surface area contributed by atoms with Crippen LogP contribution in [0.15, 0.2) is 84.9 Å². The molecule has 126 valence electrons. The zero-order valence-electron chi connectivity index (χ0n) is 14.1. The van der Waals surface area contributed by atoms with E-state index in [0.29, 0.717) is 17.8 Å². The van der Waals surface area contributed by atoms with Crippen molar-refractivity contribution in [2.75, 3.05) is 12.3 Å². The van der Waals surface area contributed by atoms with E-state index in [2.05, 4.69) is 29.2 Å². The van der Waals surface area contributed by atoms with Crippen molar-refractivity contribution in [1.82, 2.24) is 4.90 Å². The van der Waals surface area contributed by atoms with Crippen molar-refractivity contribution in [3.05, 3.63) is 102 Å². The van der Waals surface area contributed by atoms with E-state index in [1.165, 1.54) is 11.1 Å². The molecule has 3 aromatic rings. The SMILES string of the molecule is Nc1ccc(C(=O)CN(Cc2ccccc2)Cc2ccccc2)cc1. The molecule has 0 fully saturated rings. The third-order valence-electron chi connectivity index (χ3n) is 4.10. The van der Waals surface area contributed by atoms with Crippen molar-refractivity contribution < 1.29 is 4.79 Å². The van der Waals surface area contributed by atoms with Crippen molar-refractivity contribution in [2.24, 2.45) is 0 Å². The molecule has 3 aromatic carbocycles. The molecule has 0 saturated heterocycles. The second-order valence-electron chi connectivity index (χ2n) is 6.16. The number of hydrogen-bond donors (Lipinski definition) is 1. The average molecular weight is 330 g/mol. The van der Waals surface area contributed by atoms with E-state index < -0.39 is 0 Å². The molecule has 0 saturated carbocycles. The Hall–Kier alpha value is -2.91. The molecule has 0 spiro atoms. The van der Waals surface area contributed by atoms with E-state index in [1.54, 1.807) is 24.3 Å². The number of hydrogen-bond acceptors (Lipinski definition) is 3. The Morgan fingerprint density at radius 1 is 0.720 bits per heavy atom. The largest absolute Gasteiger partial charge is 0.399 e. The number of nitrogen functional groups attached to an aromatic ring is 1. The van der Waals surface area contributed by atoms with Crippen molar-refractivity contribution in [2.45, 2.75) is 13.1 Å². The molecule has 0 atom stereocenters. The van der Waals surface area contributed by atoms with E-state index >= 15 is 0 Å². The fraction of sp³-hybridized carbons (Fsp3) is 0.136. The molecule has 0 aliphatic carbocycles.